The van der Waals surface area contributed by atoms with Crippen LogP contribution in [-0.2, 0) is 16.1 Å². The van der Waals surface area contributed by atoms with Crippen LogP contribution in [0.3, 0.4) is 0 Å². The van der Waals surface area contributed by atoms with Gasteiger partial charge < -0.3 is 19.7 Å². The van der Waals surface area contributed by atoms with E-state index in [1.54, 1.807) is 36.4 Å². The average Bonchev–Trinajstić information content (AvgIpc) is 2.72. The van der Waals surface area contributed by atoms with Crippen LogP contribution in [-0.4, -0.2) is 42.0 Å². The van der Waals surface area contributed by atoms with Crippen LogP contribution in [0, 0.1) is 0 Å². The molecule has 0 bridgehead atoms. The van der Waals surface area contributed by atoms with E-state index in [4.69, 9.17) is 32.7 Å². The zero-order chi connectivity index (χ0) is 23.9. The molecule has 2 aromatic carbocycles. The maximum absolute atomic E-state index is 13.3. The van der Waals surface area contributed by atoms with Crippen molar-refractivity contribution in [3.8, 4) is 11.5 Å². The van der Waals surface area contributed by atoms with Crippen molar-refractivity contribution in [3.63, 3.8) is 0 Å². The number of rotatable bonds is 9. The summed E-state index contributed by atoms with van der Waals surface area (Å²) >= 11 is 12.7. The molecule has 1 N–H and O–H groups in total. The number of benzene rings is 2. The second kappa shape index (κ2) is 11.4. The average molecular weight is 481 g/mol. The molecule has 0 heterocycles. The van der Waals surface area contributed by atoms with Crippen LogP contribution in [0.5, 0.6) is 11.5 Å². The van der Waals surface area contributed by atoms with Crippen molar-refractivity contribution in [2.75, 3.05) is 13.7 Å². The molecule has 1 atom stereocenters. The maximum atomic E-state index is 13.3. The third-order valence-corrected chi connectivity index (χ3v) is 5.40. The smallest absolute Gasteiger partial charge is 0.261 e. The number of nitrogens with one attached hydrogen (secondary N) is 1. The van der Waals surface area contributed by atoms with E-state index in [1.165, 1.54) is 12.0 Å². The van der Waals surface area contributed by atoms with Crippen molar-refractivity contribution in [3.05, 3.63) is 58.1 Å². The number of hydrogen-bond donors (Lipinski definition) is 1. The van der Waals surface area contributed by atoms with Crippen molar-refractivity contribution >= 4 is 35.0 Å². The second-order valence-electron chi connectivity index (χ2n) is 8.32. The summed E-state index contributed by atoms with van der Waals surface area (Å²) in [6.45, 7) is 7.31. The van der Waals surface area contributed by atoms with Gasteiger partial charge in [-0.1, -0.05) is 48.3 Å². The van der Waals surface area contributed by atoms with E-state index in [9.17, 15) is 9.59 Å². The van der Waals surface area contributed by atoms with Gasteiger partial charge in [-0.15, -0.1) is 0 Å². The summed E-state index contributed by atoms with van der Waals surface area (Å²) in [5, 5.41) is 3.80. The highest BCUT2D eigenvalue weighted by Crippen LogP contribution is 2.28. The van der Waals surface area contributed by atoms with Crippen LogP contribution in [0.1, 0.15) is 39.7 Å². The molecule has 2 amide bonds. The fourth-order valence-corrected chi connectivity index (χ4v) is 3.70. The number of halogens is 2. The molecule has 0 aliphatic carbocycles. The van der Waals surface area contributed by atoms with Gasteiger partial charge in [0.05, 0.1) is 7.11 Å². The highest BCUT2D eigenvalue weighted by atomic mass is 35.5. The van der Waals surface area contributed by atoms with Gasteiger partial charge in [0.2, 0.25) is 5.91 Å². The molecule has 32 heavy (non-hydrogen) atoms. The number of nitrogens with zero attached hydrogens (tertiary/aromatic N) is 1. The van der Waals surface area contributed by atoms with Crippen LogP contribution in [0.4, 0.5) is 0 Å². The molecule has 1 unspecified atom stereocenters. The Balaban J connectivity index is 2.33. The third-order valence-electron chi connectivity index (χ3n) is 4.69. The van der Waals surface area contributed by atoms with E-state index in [2.05, 4.69) is 5.32 Å². The zero-order valence-electron chi connectivity index (χ0n) is 19.1. The Morgan fingerprint density at radius 3 is 2.16 bits per heavy atom. The van der Waals surface area contributed by atoms with Gasteiger partial charge in [0.15, 0.2) is 18.1 Å². The summed E-state index contributed by atoms with van der Waals surface area (Å²) in [4.78, 5) is 27.8. The molecule has 174 valence electrons. The van der Waals surface area contributed by atoms with Crippen molar-refractivity contribution < 1.29 is 19.1 Å². The lowest BCUT2D eigenvalue weighted by molar-refractivity contribution is -0.143. The van der Waals surface area contributed by atoms with E-state index in [-0.39, 0.29) is 25.0 Å². The van der Waals surface area contributed by atoms with Crippen molar-refractivity contribution in [1.29, 1.82) is 0 Å². The molecule has 2 aromatic rings. The molecule has 0 aliphatic heterocycles. The fourth-order valence-electron chi connectivity index (χ4n) is 3.19. The van der Waals surface area contributed by atoms with Crippen molar-refractivity contribution in [2.24, 2.45) is 0 Å². The molecule has 0 aromatic heterocycles. The van der Waals surface area contributed by atoms with Crippen LogP contribution < -0.4 is 14.8 Å². The lowest BCUT2D eigenvalue weighted by Gasteiger charge is -2.33. The first-order valence-electron chi connectivity index (χ1n) is 10.4. The Bertz CT molecular complexity index is 924. The summed E-state index contributed by atoms with van der Waals surface area (Å²) in [6.07, 6.45) is 0.407. The number of hydrogen-bond acceptors (Lipinski definition) is 4. The van der Waals surface area contributed by atoms with Gasteiger partial charge in [-0.25, -0.2) is 0 Å². The number of carbonyl (C=O) groups is 2. The summed E-state index contributed by atoms with van der Waals surface area (Å²) in [5.74, 6) is 0.321. The summed E-state index contributed by atoms with van der Waals surface area (Å²) < 4.78 is 11.0. The zero-order valence-corrected chi connectivity index (χ0v) is 20.6. The van der Waals surface area contributed by atoms with E-state index < -0.39 is 11.6 Å². The minimum atomic E-state index is -0.727. The van der Waals surface area contributed by atoms with E-state index >= 15 is 0 Å². The lowest BCUT2D eigenvalue weighted by Crippen LogP contribution is -2.54. The Morgan fingerprint density at radius 2 is 1.62 bits per heavy atom. The summed E-state index contributed by atoms with van der Waals surface area (Å²) in [5.41, 5.74) is 0.123. The first-order chi connectivity index (χ1) is 15.1. The number of carbonyl (C=O) groups excluding carboxylic acids is 2. The molecule has 8 heteroatoms. The van der Waals surface area contributed by atoms with Gasteiger partial charge >= 0.3 is 0 Å². The molecule has 0 fully saturated rings. The van der Waals surface area contributed by atoms with Gasteiger partial charge in [0.1, 0.15) is 6.04 Å². The molecular formula is C24H30Cl2N2O4. The quantitative estimate of drug-likeness (QED) is 0.541. The highest BCUT2D eigenvalue weighted by Gasteiger charge is 2.31. The maximum Gasteiger partial charge on any atom is 0.261 e. The number of methoxy groups -OCH3 is 1. The van der Waals surface area contributed by atoms with Crippen LogP contribution in [0.2, 0.25) is 10.0 Å². The van der Waals surface area contributed by atoms with Gasteiger partial charge in [0.25, 0.3) is 5.91 Å². The topological polar surface area (TPSA) is 67.9 Å². The standard InChI is InChI=1S/C24H30Cl2N2O4/c1-6-19(23(30)27-24(2,3)4)28(14-16-17(25)10-9-11-18(16)26)22(29)15-32-21-13-8-7-12-20(21)31-5/h7-13,19H,6,14-15H2,1-5H3,(H,27,30). The molecule has 0 spiro atoms. The Labute approximate surface area is 199 Å². The molecule has 2 rings (SSSR count). The van der Waals surface area contributed by atoms with Crippen LogP contribution in [0.25, 0.3) is 0 Å². The normalized spacial score (nSPS) is 12.1. The largest absolute Gasteiger partial charge is 0.493 e. The van der Waals surface area contributed by atoms with Gasteiger partial charge in [-0.3, -0.25) is 9.59 Å². The first-order valence-corrected chi connectivity index (χ1v) is 11.1. The number of para-hydroxylation sites is 2. The van der Waals surface area contributed by atoms with E-state index in [0.717, 1.165) is 0 Å². The SMILES string of the molecule is CCC(C(=O)NC(C)(C)C)N(Cc1c(Cl)cccc1Cl)C(=O)COc1ccccc1OC. The molecule has 0 saturated carbocycles. The first kappa shape index (κ1) is 25.8. The minimum absolute atomic E-state index is 0.0721. The highest BCUT2D eigenvalue weighted by molar-refractivity contribution is 6.36. The number of ether oxygens (including phenoxy) is 2. The van der Waals surface area contributed by atoms with Gasteiger partial charge in [0, 0.05) is 27.7 Å². The third kappa shape index (κ3) is 7.04. The summed E-state index contributed by atoms with van der Waals surface area (Å²) in [6, 6.07) is 11.5. The minimum Gasteiger partial charge on any atom is -0.493 e. The molecule has 0 saturated heterocycles. The van der Waals surface area contributed by atoms with Crippen LogP contribution >= 0.6 is 23.2 Å². The van der Waals surface area contributed by atoms with E-state index in [0.29, 0.717) is 33.5 Å². The molecule has 6 nitrogen and oxygen atoms in total. The Hall–Kier alpha value is -2.44. The molecule has 0 aliphatic rings. The van der Waals surface area contributed by atoms with Crippen molar-refractivity contribution in [2.45, 2.75) is 52.2 Å². The predicted octanol–water partition coefficient (Wildman–Crippen LogP) is 5.10. The van der Waals surface area contributed by atoms with Crippen molar-refractivity contribution in [1.82, 2.24) is 10.2 Å². The van der Waals surface area contributed by atoms with Crippen LogP contribution in [0.15, 0.2) is 42.5 Å². The monoisotopic (exact) mass is 480 g/mol. The Morgan fingerprint density at radius 1 is 1.03 bits per heavy atom. The van der Waals surface area contributed by atoms with Gasteiger partial charge in [-0.2, -0.15) is 0 Å². The summed E-state index contributed by atoms with van der Waals surface area (Å²) in [7, 11) is 1.53. The molecular weight excluding hydrogens is 451 g/mol. The van der Waals surface area contributed by atoms with Gasteiger partial charge in [-0.05, 0) is 51.5 Å². The molecule has 0 radical (unpaired) electrons. The number of amides is 2. The second-order valence-corrected chi connectivity index (χ2v) is 9.14. The fraction of sp³-hybridized carbons (Fsp3) is 0.417. The predicted molar refractivity (Wildman–Crippen MR) is 127 cm³/mol. The Kier molecular flexibility index (Phi) is 9.22. The van der Waals surface area contributed by atoms with E-state index in [1.807, 2.05) is 33.8 Å². The lowest BCUT2D eigenvalue weighted by atomic mass is 10.1.